The fraction of sp³-hybridized carbons (Fsp3) is 0.375. The summed E-state index contributed by atoms with van der Waals surface area (Å²) < 4.78 is 5.63. The zero-order valence-corrected chi connectivity index (χ0v) is 16.3. The number of H-pyrrole nitrogens is 1. The van der Waals surface area contributed by atoms with Gasteiger partial charge < -0.3 is 9.72 Å². The Morgan fingerprint density at radius 3 is 2.59 bits per heavy atom. The molecule has 3 aromatic rings. The topological polar surface area (TPSA) is 42.1 Å². The van der Waals surface area contributed by atoms with Crippen LogP contribution in [0.15, 0.2) is 54.7 Å². The molecule has 3 nitrogen and oxygen atoms in total. The van der Waals surface area contributed by atoms with Gasteiger partial charge in [0.1, 0.15) is 6.61 Å². The lowest BCUT2D eigenvalue weighted by molar-refractivity contribution is -0.127. The van der Waals surface area contributed by atoms with Crippen LogP contribution in [0.5, 0.6) is 0 Å². The number of ketones is 1. The molecule has 3 rings (SSSR count). The van der Waals surface area contributed by atoms with Gasteiger partial charge in [0.25, 0.3) is 0 Å². The monoisotopic (exact) mass is 363 g/mol. The Labute approximate surface area is 161 Å². The van der Waals surface area contributed by atoms with Crippen molar-refractivity contribution >= 4 is 16.7 Å². The molecule has 0 radical (unpaired) electrons. The number of rotatable bonds is 10. The van der Waals surface area contributed by atoms with Crippen LogP contribution in [0.3, 0.4) is 0 Å². The standard InChI is InChI=1S/C24H29NO2/c1-3-19-10-12-20(13-11-19)7-6-14-27-17-24(26)18(2)15-21-16-25-23-9-5-4-8-22(21)23/h4-5,8-13,16,18,25H,3,6-7,14-15,17H2,1-2H3/t18-/m1/s1. The maximum Gasteiger partial charge on any atom is 0.161 e. The van der Waals surface area contributed by atoms with Gasteiger partial charge in [-0.05, 0) is 48.4 Å². The summed E-state index contributed by atoms with van der Waals surface area (Å²) in [4.78, 5) is 15.6. The molecular weight excluding hydrogens is 334 g/mol. The first kappa shape index (κ1) is 19.4. The molecule has 0 saturated carbocycles. The zero-order valence-electron chi connectivity index (χ0n) is 16.3. The van der Waals surface area contributed by atoms with Crippen LogP contribution in [0.25, 0.3) is 10.9 Å². The van der Waals surface area contributed by atoms with E-state index in [1.807, 2.05) is 25.3 Å². The minimum Gasteiger partial charge on any atom is -0.374 e. The fourth-order valence-corrected chi connectivity index (χ4v) is 3.38. The van der Waals surface area contributed by atoms with Crippen molar-refractivity contribution in [3.63, 3.8) is 0 Å². The van der Waals surface area contributed by atoms with E-state index in [0.29, 0.717) is 6.61 Å². The van der Waals surface area contributed by atoms with Gasteiger partial charge in [-0.15, -0.1) is 0 Å². The number of benzene rings is 2. The molecule has 0 spiro atoms. The highest BCUT2D eigenvalue weighted by Crippen LogP contribution is 2.21. The van der Waals surface area contributed by atoms with E-state index in [2.05, 4.69) is 48.3 Å². The molecule has 0 aliphatic rings. The second-order valence-electron chi connectivity index (χ2n) is 7.26. The normalized spacial score (nSPS) is 12.4. The minimum absolute atomic E-state index is 0.0363. The van der Waals surface area contributed by atoms with E-state index < -0.39 is 0 Å². The van der Waals surface area contributed by atoms with Gasteiger partial charge >= 0.3 is 0 Å². The maximum absolute atomic E-state index is 12.4. The number of aryl methyl sites for hydroxylation is 2. The van der Waals surface area contributed by atoms with Gasteiger partial charge in [-0.1, -0.05) is 56.3 Å². The van der Waals surface area contributed by atoms with E-state index in [-0.39, 0.29) is 18.3 Å². The van der Waals surface area contributed by atoms with Crippen molar-refractivity contribution in [1.82, 2.24) is 4.98 Å². The third-order valence-electron chi connectivity index (χ3n) is 5.18. The average molecular weight is 364 g/mol. The SMILES string of the molecule is CCc1ccc(CCCOCC(=O)[C@H](C)Cc2c[nH]c3ccccc23)cc1. The average Bonchev–Trinajstić information content (AvgIpc) is 3.11. The number of aromatic amines is 1. The third-order valence-corrected chi connectivity index (χ3v) is 5.18. The molecule has 0 aliphatic carbocycles. The number of hydrogen-bond donors (Lipinski definition) is 1. The predicted octanol–water partition coefficient (Wildman–Crippen LogP) is 5.13. The van der Waals surface area contributed by atoms with Crippen LogP contribution in [-0.4, -0.2) is 24.0 Å². The van der Waals surface area contributed by atoms with Crippen molar-refractivity contribution in [3.05, 3.63) is 71.4 Å². The number of nitrogens with one attached hydrogen (secondary N) is 1. The summed E-state index contributed by atoms with van der Waals surface area (Å²) >= 11 is 0. The van der Waals surface area contributed by atoms with Gasteiger partial charge in [-0.2, -0.15) is 0 Å². The Hall–Kier alpha value is -2.39. The Morgan fingerprint density at radius 2 is 1.81 bits per heavy atom. The van der Waals surface area contributed by atoms with Crippen LogP contribution in [0.2, 0.25) is 0 Å². The first-order valence-corrected chi connectivity index (χ1v) is 9.90. The molecule has 0 saturated heterocycles. The van der Waals surface area contributed by atoms with Crippen LogP contribution in [0.4, 0.5) is 0 Å². The van der Waals surface area contributed by atoms with Gasteiger partial charge in [0.05, 0.1) is 0 Å². The van der Waals surface area contributed by atoms with E-state index in [9.17, 15) is 4.79 Å². The Balaban J connectivity index is 1.38. The molecule has 0 bridgehead atoms. The van der Waals surface area contributed by atoms with Crippen molar-refractivity contribution in [2.75, 3.05) is 13.2 Å². The second kappa shape index (κ2) is 9.52. The maximum atomic E-state index is 12.4. The molecule has 0 unspecified atom stereocenters. The van der Waals surface area contributed by atoms with E-state index in [4.69, 9.17) is 4.74 Å². The summed E-state index contributed by atoms with van der Waals surface area (Å²) in [6, 6.07) is 17.0. The minimum atomic E-state index is -0.0363. The van der Waals surface area contributed by atoms with Crippen molar-refractivity contribution in [1.29, 1.82) is 0 Å². The van der Waals surface area contributed by atoms with Crippen molar-refractivity contribution < 1.29 is 9.53 Å². The molecule has 0 amide bonds. The van der Waals surface area contributed by atoms with E-state index in [1.165, 1.54) is 22.1 Å². The number of para-hydroxylation sites is 1. The number of ether oxygens (including phenoxy) is 1. The number of carbonyl (C=O) groups is 1. The number of Topliss-reactive ketones (excluding diaryl/α,β-unsaturated/α-hetero) is 1. The summed E-state index contributed by atoms with van der Waals surface area (Å²) in [5.41, 5.74) is 5.01. The summed E-state index contributed by atoms with van der Waals surface area (Å²) in [5.74, 6) is 0.137. The van der Waals surface area contributed by atoms with Crippen LogP contribution < -0.4 is 0 Å². The summed E-state index contributed by atoms with van der Waals surface area (Å²) in [7, 11) is 0. The fourth-order valence-electron chi connectivity index (χ4n) is 3.38. The van der Waals surface area contributed by atoms with Crippen LogP contribution in [0.1, 0.15) is 37.0 Å². The number of hydrogen-bond acceptors (Lipinski definition) is 2. The van der Waals surface area contributed by atoms with E-state index in [0.717, 1.165) is 31.2 Å². The Bertz CT molecular complexity index is 863. The molecule has 142 valence electrons. The molecular formula is C24H29NO2. The van der Waals surface area contributed by atoms with Crippen molar-refractivity contribution in [3.8, 4) is 0 Å². The molecule has 1 heterocycles. The Kier molecular flexibility index (Phi) is 6.83. The van der Waals surface area contributed by atoms with E-state index in [1.54, 1.807) is 0 Å². The van der Waals surface area contributed by atoms with Crippen LogP contribution >= 0.6 is 0 Å². The lowest BCUT2D eigenvalue weighted by Gasteiger charge is -2.10. The molecule has 0 fully saturated rings. The van der Waals surface area contributed by atoms with Gasteiger partial charge in [-0.25, -0.2) is 0 Å². The van der Waals surface area contributed by atoms with Crippen LogP contribution in [0, 0.1) is 5.92 Å². The highest BCUT2D eigenvalue weighted by atomic mass is 16.5. The van der Waals surface area contributed by atoms with Gasteiger partial charge in [0.2, 0.25) is 0 Å². The smallest absolute Gasteiger partial charge is 0.161 e. The highest BCUT2D eigenvalue weighted by Gasteiger charge is 2.15. The first-order chi connectivity index (χ1) is 13.2. The van der Waals surface area contributed by atoms with Crippen molar-refractivity contribution in [2.24, 2.45) is 5.92 Å². The molecule has 1 N–H and O–H groups in total. The number of aromatic nitrogens is 1. The quantitative estimate of drug-likeness (QED) is 0.508. The molecule has 1 aromatic heterocycles. The highest BCUT2D eigenvalue weighted by molar-refractivity contribution is 5.85. The van der Waals surface area contributed by atoms with Crippen molar-refractivity contribution in [2.45, 2.75) is 39.5 Å². The summed E-state index contributed by atoms with van der Waals surface area (Å²) in [6.07, 6.45) is 5.76. The second-order valence-corrected chi connectivity index (χ2v) is 7.26. The molecule has 27 heavy (non-hydrogen) atoms. The van der Waals surface area contributed by atoms with E-state index >= 15 is 0 Å². The lowest BCUT2D eigenvalue weighted by Crippen LogP contribution is -2.19. The summed E-state index contributed by atoms with van der Waals surface area (Å²) in [5, 5.41) is 1.20. The molecule has 1 atom stereocenters. The first-order valence-electron chi connectivity index (χ1n) is 9.90. The Morgan fingerprint density at radius 1 is 1.07 bits per heavy atom. The van der Waals surface area contributed by atoms with Gasteiger partial charge in [0.15, 0.2) is 5.78 Å². The zero-order chi connectivity index (χ0) is 19.1. The molecule has 0 aliphatic heterocycles. The molecule has 2 aromatic carbocycles. The number of carbonyl (C=O) groups excluding carboxylic acids is 1. The third kappa shape index (κ3) is 5.30. The lowest BCUT2D eigenvalue weighted by atomic mass is 9.97. The largest absolute Gasteiger partial charge is 0.374 e. The predicted molar refractivity (Wildman–Crippen MR) is 111 cm³/mol. The number of fused-ring (bicyclic) bond motifs is 1. The van der Waals surface area contributed by atoms with Crippen LogP contribution in [-0.2, 0) is 28.8 Å². The van der Waals surface area contributed by atoms with Gasteiger partial charge in [-0.3, -0.25) is 4.79 Å². The summed E-state index contributed by atoms with van der Waals surface area (Å²) in [6.45, 7) is 4.99. The van der Waals surface area contributed by atoms with Gasteiger partial charge in [0, 0.05) is 29.6 Å². The molecule has 3 heteroatoms.